The van der Waals surface area contributed by atoms with E-state index >= 15 is 0 Å². The van der Waals surface area contributed by atoms with Gasteiger partial charge in [-0.2, -0.15) is 0 Å². The first kappa shape index (κ1) is 21.4. The lowest BCUT2D eigenvalue weighted by Gasteiger charge is -2.27. The van der Waals surface area contributed by atoms with Gasteiger partial charge in [0.2, 0.25) is 0 Å². The quantitative estimate of drug-likeness (QED) is 0.315. The van der Waals surface area contributed by atoms with Crippen LogP contribution in [-0.2, 0) is 9.53 Å². The van der Waals surface area contributed by atoms with E-state index in [0.717, 1.165) is 0 Å². The summed E-state index contributed by atoms with van der Waals surface area (Å²) in [4.78, 5) is 38.4. The van der Waals surface area contributed by atoms with E-state index < -0.39 is 55.3 Å². The molecule has 0 aliphatic rings. The Morgan fingerprint density at radius 2 is 1.14 bits per heavy atom. The number of esters is 1. The number of ketones is 2. The second-order valence-corrected chi connectivity index (χ2v) is 6.48. The lowest BCUT2D eigenvalue weighted by Crippen LogP contribution is -2.42. The molecule has 0 atom stereocenters. The van der Waals surface area contributed by atoms with E-state index in [2.05, 4.69) is 0 Å². The fourth-order valence-electron chi connectivity index (χ4n) is 2.47. The standard InChI is InChI=1S/C21H22O7/c22-11-21(12-23,13-24)14-28-20(27)17(18(25)15-7-3-1-4-8-15)19(26)16-9-5-2-6-10-16/h1-10,17,22-24H,11-14H2. The molecule has 0 bridgehead atoms. The Labute approximate surface area is 162 Å². The highest BCUT2D eigenvalue weighted by Crippen LogP contribution is 2.20. The predicted molar refractivity (Wildman–Crippen MR) is 99.7 cm³/mol. The molecule has 0 radical (unpaired) electrons. The van der Waals surface area contributed by atoms with E-state index in [9.17, 15) is 29.7 Å². The number of hydrogen-bond acceptors (Lipinski definition) is 7. The molecule has 0 aliphatic heterocycles. The molecule has 0 aromatic heterocycles. The topological polar surface area (TPSA) is 121 Å². The van der Waals surface area contributed by atoms with Crippen LogP contribution in [-0.4, -0.2) is 59.3 Å². The van der Waals surface area contributed by atoms with Gasteiger partial charge in [-0.1, -0.05) is 60.7 Å². The van der Waals surface area contributed by atoms with Gasteiger partial charge in [0.25, 0.3) is 0 Å². The fourth-order valence-corrected chi connectivity index (χ4v) is 2.47. The van der Waals surface area contributed by atoms with Gasteiger partial charge < -0.3 is 20.1 Å². The minimum absolute atomic E-state index is 0.173. The summed E-state index contributed by atoms with van der Waals surface area (Å²) in [7, 11) is 0. The first-order valence-corrected chi connectivity index (χ1v) is 8.66. The molecule has 0 amide bonds. The van der Waals surface area contributed by atoms with Gasteiger partial charge in [-0.15, -0.1) is 0 Å². The summed E-state index contributed by atoms with van der Waals surface area (Å²) in [6.45, 7) is -2.47. The van der Waals surface area contributed by atoms with E-state index in [0.29, 0.717) is 0 Å². The number of carbonyl (C=O) groups excluding carboxylic acids is 3. The smallest absolute Gasteiger partial charge is 0.324 e. The molecule has 0 spiro atoms. The molecule has 2 aromatic carbocycles. The number of ether oxygens (including phenoxy) is 1. The fraction of sp³-hybridized carbons (Fsp3) is 0.286. The van der Waals surface area contributed by atoms with E-state index in [1.54, 1.807) is 36.4 Å². The van der Waals surface area contributed by atoms with Gasteiger partial charge in [0.05, 0.1) is 25.2 Å². The summed E-state index contributed by atoms with van der Waals surface area (Å²) in [6.07, 6.45) is 0. The molecule has 0 unspecified atom stereocenters. The molecule has 0 saturated heterocycles. The SMILES string of the molecule is O=C(OCC(CO)(CO)CO)C(C(=O)c1ccccc1)C(=O)c1ccccc1. The Bertz CT molecular complexity index is 738. The zero-order valence-electron chi connectivity index (χ0n) is 15.2. The van der Waals surface area contributed by atoms with Crippen LogP contribution in [0.5, 0.6) is 0 Å². The van der Waals surface area contributed by atoms with Crippen molar-refractivity contribution < 1.29 is 34.4 Å². The van der Waals surface area contributed by atoms with Crippen molar-refractivity contribution in [3.8, 4) is 0 Å². The first-order chi connectivity index (χ1) is 13.5. The molecule has 0 heterocycles. The molecule has 7 heteroatoms. The molecular formula is C21H22O7. The maximum atomic E-state index is 12.9. The van der Waals surface area contributed by atoms with Crippen molar-refractivity contribution in [2.24, 2.45) is 11.3 Å². The lowest BCUT2D eigenvalue weighted by molar-refractivity contribution is -0.152. The van der Waals surface area contributed by atoms with Crippen LogP contribution in [0.4, 0.5) is 0 Å². The minimum atomic E-state index is -1.74. The van der Waals surface area contributed by atoms with Gasteiger partial charge in [0, 0.05) is 11.1 Å². The second kappa shape index (κ2) is 9.89. The van der Waals surface area contributed by atoms with Gasteiger partial charge in [-0.25, -0.2) is 0 Å². The molecule has 7 nitrogen and oxygen atoms in total. The molecule has 2 aromatic rings. The molecule has 0 saturated carbocycles. The maximum absolute atomic E-state index is 12.9. The van der Waals surface area contributed by atoms with Crippen LogP contribution in [0.15, 0.2) is 60.7 Å². The molecule has 28 heavy (non-hydrogen) atoms. The zero-order chi connectivity index (χ0) is 20.6. The zero-order valence-corrected chi connectivity index (χ0v) is 15.2. The Hall–Kier alpha value is -2.87. The summed E-state index contributed by atoms with van der Waals surface area (Å²) in [5, 5.41) is 28.1. The summed E-state index contributed by atoms with van der Waals surface area (Å²) in [5.41, 5.74) is -1.12. The van der Waals surface area contributed by atoms with Crippen LogP contribution < -0.4 is 0 Å². The van der Waals surface area contributed by atoms with Crippen molar-refractivity contribution in [1.82, 2.24) is 0 Å². The summed E-state index contributed by atoms with van der Waals surface area (Å²) >= 11 is 0. The normalized spacial score (nSPS) is 11.3. The molecule has 2 rings (SSSR count). The number of rotatable bonds is 10. The van der Waals surface area contributed by atoms with Crippen LogP contribution in [0, 0.1) is 11.3 Å². The monoisotopic (exact) mass is 386 g/mol. The highest BCUT2D eigenvalue weighted by atomic mass is 16.5. The number of benzene rings is 2. The molecule has 0 fully saturated rings. The van der Waals surface area contributed by atoms with Gasteiger partial charge in [0.1, 0.15) is 6.61 Å². The number of aliphatic hydroxyl groups excluding tert-OH is 3. The molecule has 3 N–H and O–H groups in total. The van der Waals surface area contributed by atoms with Crippen molar-refractivity contribution in [3.63, 3.8) is 0 Å². The van der Waals surface area contributed by atoms with E-state index in [1.807, 2.05) is 0 Å². The van der Waals surface area contributed by atoms with Crippen LogP contribution in [0.1, 0.15) is 20.7 Å². The number of Topliss-reactive ketones (excluding diaryl/α,β-unsaturated/α-hetero) is 2. The average molecular weight is 386 g/mol. The van der Waals surface area contributed by atoms with Gasteiger partial charge in [-0.3, -0.25) is 14.4 Å². The third kappa shape index (κ3) is 4.89. The Balaban J connectivity index is 2.31. The summed E-state index contributed by atoms with van der Waals surface area (Å²) < 4.78 is 5.07. The summed E-state index contributed by atoms with van der Waals surface area (Å²) in [6, 6.07) is 15.8. The van der Waals surface area contributed by atoms with Gasteiger partial charge in [-0.05, 0) is 0 Å². The number of hydrogen-bond donors (Lipinski definition) is 3. The Kier molecular flexibility index (Phi) is 7.57. The largest absolute Gasteiger partial charge is 0.464 e. The predicted octanol–water partition coefficient (Wildman–Crippen LogP) is 0.875. The highest BCUT2D eigenvalue weighted by Gasteiger charge is 2.38. The average Bonchev–Trinajstić information content (AvgIpc) is 2.76. The Morgan fingerprint density at radius 1 is 0.750 bits per heavy atom. The summed E-state index contributed by atoms with van der Waals surface area (Å²) in [5.74, 6) is -4.29. The second-order valence-electron chi connectivity index (χ2n) is 6.48. The van der Waals surface area contributed by atoms with Crippen molar-refractivity contribution >= 4 is 17.5 Å². The van der Waals surface area contributed by atoms with Crippen LogP contribution in [0.25, 0.3) is 0 Å². The lowest BCUT2D eigenvalue weighted by atomic mass is 9.89. The molecule has 0 aliphatic carbocycles. The van der Waals surface area contributed by atoms with Crippen LogP contribution >= 0.6 is 0 Å². The van der Waals surface area contributed by atoms with E-state index in [4.69, 9.17) is 4.74 Å². The van der Waals surface area contributed by atoms with Crippen molar-refractivity contribution in [2.75, 3.05) is 26.4 Å². The van der Waals surface area contributed by atoms with Gasteiger partial charge >= 0.3 is 5.97 Å². The van der Waals surface area contributed by atoms with Crippen LogP contribution in [0.3, 0.4) is 0 Å². The highest BCUT2D eigenvalue weighted by molar-refractivity contribution is 6.26. The van der Waals surface area contributed by atoms with Crippen molar-refractivity contribution in [1.29, 1.82) is 0 Å². The van der Waals surface area contributed by atoms with Crippen LogP contribution in [0.2, 0.25) is 0 Å². The third-order valence-corrected chi connectivity index (χ3v) is 4.40. The maximum Gasteiger partial charge on any atom is 0.324 e. The number of carbonyl (C=O) groups is 3. The Morgan fingerprint density at radius 3 is 1.50 bits per heavy atom. The minimum Gasteiger partial charge on any atom is -0.464 e. The van der Waals surface area contributed by atoms with E-state index in [-0.39, 0.29) is 11.1 Å². The van der Waals surface area contributed by atoms with Gasteiger partial charge in [0.15, 0.2) is 17.5 Å². The molecular weight excluding hydrogens is 364 g/mol. The van der Waals surface area contributed by atoms with E-state index in [1.165, 1.54) is 24.3 Å². The van der Waals surface area contributed by atoms with Crippen molar-refractivity contribution in [3.05, 3.63) is 71.8 Å². The third-order valence-electron chi connectivity index (χ3n) is 4.40. The first-order valence-electron chi connectivity index (χ1n) is 8.66. The van der Waals surface area contributed by atoms with Crippen molar-refractivity contribution in [2.45, 2.75) is 0 Å². The molecule has 148 valence electrons. The number of aliphatic hydroxyl groups is 3.